The first kappa shape index (κ1) is 18.3. The fourth-order valence-corrected chi connectivity index (χ4v) is 1.20. The van der Waals surface area contributed by atoms with Crippen LogP contribution in [-0.2, 0) is 19.1 Å². The average molecular weight is 286 g/mol. The Morgan fingerprint density at radius 3 is 1.45 bits per heavy atom. The van der Waals surface area contributed by atoms with Crippen LogP contribution in [0.2, 0.25) is 0 Å². The molecule has 0 aromatic carbocycles. The van der Waals surface area contributed by atoms with Crippen LogP contribution in [0.4, 0.5) is 0 Å². The summed E-state index contributed by atoms with van der Waals surface area (Å²) in [5.74, 6) is -1.29. The van der Waals surface area contributed by atoms with E-state index < -0.39 is 24.5 Å². The van der Waals surface area contributed by atoms with Crippen molar-refractivity contribution in [2.75, 3.05) is 0 Å². The summed E-state index contributed by atoms with van der Waals surface area (Å²) in [6.45, 7) is 9.77. The lowest BCUT2D eigenvalue weighted by Gasteiger charge is -2.13. The summed E-state index contributed by atoms with van der Waals surface area (Å²) < 4.78 is 9.34. The van der Waals surface area contributed by atoms with E-state index in [1.165, 1.54) is 13.8 Å². The van der Waals surface area contributed by atoms with E-state index >= 15 is 0 Å². The number of aliphatic hydroxyl groups is 2. The molecule has 0 radical (unpaired) electrons. The Hall–Kier alpha value is -1.66. The minimum atomic E-state index is -1.20. The predicted molar refractivity (Wildman–Crippen MR) is 72.3 cm³/mol. The SMILES string of the molecule is C=C(C)C(=O)OC(O)CCCCC(O)OC(=O)C(=C)C. The number of unbranched alkanes of at least 4 members (excludes halogenated alkanes) is 1. The molecule has 2 unspecified atom stereocenters. The second kappa shape index (κ2) is 9.28. The second-order valence-corrected chi connectivity index (χ2v) is 4.57. The molecule has 0 saturated heterocycles. The topological polar surface area (TPSA) is 93.1 Å². The molecule has 2 N–H and O–H groups in total. The van der Waals surface area contributed by atoms with Crippen LogP contribution in [0.1, 0.15) is 39.5 Å². The quantitative estimate of drug-likeness (QED) is 0.288. The van der Waals surface area contributed by atoms with E-state index in [4.69, 9.17) is 0 Å². The Bertz CT molecular complexity index is 338. The molecule has 0 saturated carbocycles. The highest BCUT2D eigenvalue weighted by atomic mass is 16.6. The summed E-state index contributed by atoms with van der Waals surface area (Å²) in [4.78, 5) is 22.2. The predicted octanol–water partition coefficient (Wildman–Crippen LogP) is 1.42. The number of hydrogen-bond donors (Lipinski definition) is 2. The molecule has 0 fully saturated rings. The summed E-state index contributed by atoms with van der Waals surface area (Å²) in [7, 11) is 0. The zero-order valence-corrected chi connectivity index (χ0v) is 11.9. The van der Waals surface area contributed by atoms with E-state index in [0.717, 1.165) is 0 Å². The van der Waals surface area contributed by atoms with Crippen molar-refractivity contribution < 1.29 is 29.3 Å². The van der Waals surface area contributed by atoms with Crippen molar-refractivity contribution in [1.82, 2.24) is 0 Å². The van der Waals surface area contributed by atoms with Crippen LogP contribution in [0.15, 0.2) is 24.3 Å². The maximum absolute atomic E-state index is 11.1. The Balaban J connectivity index is 3.75. The molecular formula is C14H22O6. The molecule has 2 atom stereocenters. The van der Waals surface area contributed by atoms with Gasteiger partial charge in [0.1, 0.15) is 0 Å². The molecule has 0 aliphatic rings. The van der Waals surface area contributed by atoms with Crippen LogP contribution in [0.3, 0.4) is 0 Å². The third-order valence-corrected chi connectivity index (χ3v) is 2.34. The molecule has 6 nitrogen and oxygen atoms in total. The number of aliphatic hydroxyl groups excluding tert-OH is 2. The van der Waals surface area contributed by atoms with Crippen LogP contribution in [0.25, 0.3) is 0 Å². The first-order chi connectivity index (χ1) is 9.23. The Morgan fingerprint density at radius 2 is 1.20 bits per heavy atom. The van der Waals surface area contributed by atoms with Gasteiger partial charge in [0.15, 0.2) is 0 Å². The molecule has 6 heteroatoms. The number of rotatable bonds is 9. The minimum Gasteiger partial charge on any atom is -0.433 e. The van der Waals surface area contributed by atoms with Crippen LogP contribution in [0, 0.1) is 0 Å². The van der Waals surface area contributed by atoms with Gasteiger partial charge in [0.05, 0.1) is 0 Å². The zero-order valence-electron chi connectivity index (χ0n) is 11.9. The molecule has 0 aliphatic heterocycles. The molecule has 114 valence electrons. The van der Waals surface area contributed by atoms with Gasteiger partial charge in [-0.2, -0.15) is 0 Å². The number of carbonyl (C=O) groups is 2. The lowest BCUT2D eigenvalue weighted by molar-refractivity contribution is -0.167. The van der Waals surface area contributed by atoms with Gasteiger partial charge < -0.3 is 19.7 Å². The van der Waals surface area contributed by atoms with Gasteiger partial charge in [0.2, 0.25) is 12.6 Å². The van der Waals surface area contributed by atoms with E-state index in [-0.39, 0.29) is 24.0 Å². The fraction of sp³-hybridized carbons (Fsp3) is 0.571. The van der Waals surface area contributed by atoms with E-state index in [1.54, 1.807) is 0 Å². The minimum absolute atomic E-state index is 0.214. The third-order valence-electron chi connectivity index (χ3n) is 2.34. The summed E-state index contributed by atoms with van der Waals surface area (Å²) in [5, 5.41) is 18.8. The summed E-state index contributed by atoms with van der Waals surface area (Å²) in [5.41, 5.74) is 0.428. The van der Waals surface area contributed by atoms with Crippen molar-refractivity contribution in [3.8, 4) is 0 Å². The van der Waals surface area contributed by atoms with E-state index in [0.29, 0.717) is 12.8 Å². The van der Waals surface area contributed by atoms with Crippen molar-refractivity contribution in [3.05, 3.63) is 24.3 Å². The van der Waals surface area contributed by atoms with Crippen LogP contribution in [-0.4, -0.2) is 34.7 Å². The number of carbonyl (C=O) groups excluding carboxylic acids is 2. The largest absolute Gasteiger partial charge is 0.433 e. The average Bonchev–Trinajstić information content (AvgIpc) is 2.34. The molecule has 0 rings (SSSR count). The van der Waals surface area contributed by atoms with Crippen LogP contribution in [0.5, 0.6) is 0 Å². The molecule has 20 heavy (non-hydrogen) atoms. The third kappa shape index (κ3) is 8.44. The highest BCUT2D eigenvalue weighted by Gasteiger charge is 2.13. The number of hydrogen-bond acceptors (Lipinski definition) is 6. The first-order valence-corrected chi connectivity index (χ1v) is 6.33. The Kier molecular flexibility index (Phi) is 8.51. The summed E-state index contributed by atoms with van der Waals surface area (Å²) >= 11 is 0. The Morgan fingerprint density at radius 1 is 0.900 bits per heavy atom. The van der Waals surface area contributed by atoms with Gasteiger partial charge >= 0.3 is 11.9 Å². The molecule has 0 bridgehead atoms. The van der Waals surface area contributed by atoms with Gasteiger partial charge in [-0.3, -0.25) is 0 Å². The van der Waals surface area contributed by atoms with Gasteiger partial charge in [0.25, 0.3) is 0 Å². The Labute approximate surface area is 118 Å². The standard InChI is InChI=1S/C14H22O6/c1-9(2)13(17)19-11(15)7-5-6-8-12(16)20-14(18)10(3)4/h11-12,15-16H,1,3,5-8H2,2,4H3. The van der Waals surface area contributed by atoms with E-state index in [1.807, 2.05) is 0 Å². The maximum Gasteiger partial charge on any atom is 0.335 e. The molecular weight excluding hydrogens is 264 g/mol. The molecule has 0 aromatic heterocycles. The number of esters is 2. The van der Waals surface area contributed by atoms with Crippen molar-refractivity contribution in [3.63, 3.8) is 0 Å². The lowest BCUT2D eigenvalue weighted by atomic mass is 10.2. The van der Waals surface area contributed by atoms with Crippen LogP contribution < -0.4 is 0 Å². The lowest BCUT2D eigenvalue weighted by Crippen LogP contribution is -2.19. The molecule has 0 heterocycles. The summed E-state index contributed by atoms with van der Waals surface area (Å²) in [6, 6.07) is 0. The first-order valence-electron chi connectivity index (χ1n) is 6.33. The van der Waals surface area contributed by atoms with E-state index in [9.17, 15) is 19.8 Å². The monoisotopic (exact) mass is 286 g/mol. The van der Waals surface area contributed by atoms with Gasteiger partial charge in [-0.05, 0) is 26.7 Å². The van der Waals surface area contributed by atoms with Crippen molar-refractivity contribution in [2.45, 2.75) is 52.1 Å². The van der Waals surface area contributed by atoms with Gasteiger partial charge in [-0.25, -0.2) is 9.59 Å². The normalized spacial score (nSPS) is 13.2. The molecule has 0 aromatic rings. The highest BCUT2D eigenvalue weighted by molar-refractivity contribution is 5.87. The maximum atomic E-state index is 11.1. The van der Waals surface area contributed by atoms with Crippen molar-refractivity contribution in [1.29, 1.82) is 0 Å². The second-order valence-electron chi connectivity index (χ2n) is 4.57. The van der Waals surface area contributed by atoms with Gasteiger partial charge in [-0.15, -0.1) is 0 Å². The van der Waals surface area contributed by atoms with Gasteiger partial charge in [-0.1, -0.05) is 13.2 Å². The van der Waals surface area contributed by atoms with Crippen molar-refractivity contribution >= 4 is 11.9 Å². The zero-order chi connectivity index (χ0) is 15.7. The van der Waals surface area contributed by atoms with Crippen LogP contribution >= 0.6 is 0 Å². The van der Waals surface area contributed by atoms with Crippen molar-refractivity contribution in [2.24, 2.45) is 0 Å². The molecule has 0 spiro atoms. The highest BCUT2D eigenvalue weighted by Crippen LogP contribution is 2.10. The number of ether oxygens (including phenoxy) is 2. The molecule has 0 aliphatic carbocycles. The summed E-state index contributed by atoms with van der Waals surface area (Å²) in [6.07, 6.45) is -0.914. The van der Waals surface area contributed by atoms with E-state index in [2.05, 4.69) is 22.6 Å². The fourth-order valence-electron chi connectivity index (χ4n) is 1.20. The molecule has 0 amide bonds. The smallest absolute Gasteiger partial charge is 0.335 e. The van der Waals surface area contributed by atoms with Gasteiger partial charge in [0, 0.05) is 24.0 Å².